The van der Waals surface area contributed by atoms with Gasteiger partial charge in [0.05, 0.1) is 0 Å². The zero-order chi connectivity index (χ0) is 11.5. The molecule has 3 heteroatoms. The van der Waals surface area contributed by atoms with Crippen LogP contribution < -0.4 is 0 Å². The standard InChI is InChI=1S/C15H19O.CH3.2Y/c1-11(2)15(16)10-12-7-8-13-5-3-4-6-14(13)9-12;;;/h3-7,11-12H,8-10H2,1-2H3;1H3;;/q2*-1;;. The third kappa shape index (κ3) is 6.59. The number of Topliss-reactive ketones (excluding diaryl/α,β-unsaturated/α-hetero) is 1. The molecule has 0 amide bonds. The van der Waals surface area contributed by atoms with E-state index < -0.39 is 0 Å². The van der Waals surface area contributed by atoms with E-state index in [1.807, 2.05) is 13.8 Å². The van der Waals surface area contributed by atoms with Gasteiger partial charge < -0.3 is 13.8 Å². The summed E-state index contributed by atoms with van der Waals surface area (Å²) in [5.74, 6) is 1.01. The molecule has 1 aromatic carbocycles. The Labute approximate surface area is 168 Å². The van der Waals surface area contributed by atoms with Crippen LogP contribution in [0.25, 0.3) is 0 Å². The van der Waals surface area contributed by atoms with Gasteiger partial charge in [-0.1, -0.05) is 50.1 Å². The normalized spacial score (nSPS) is 16.5. The summed E-state index contributed by atoms with van der Waals surface area (Å²) in [6.45, 7) is 3.97. The fourth-order valence-corrected chi connectivity index (χ4v) is 2.26. The first-order chi connectivity index (χ1) is 7.66. The molecule has 0 fully saturated rings. The Morgan fingerprint density at radius 2 is 1.84 bits per heavy atom. The van der Waals surface area contributed by atoms with Crippen LogP contribution in [0.3, 0.4) is 0 Å². The first-order valence-electron chi connectivity index (χ1n) is 6.09. The summed E-state index contributed by atoms with van der Waals surface area (Å²) >= 11 is 0. The van der Waals surface area contributed by atoms with Crippen molar-refractivity contribution < 1.29 is 70.2 Å². The summed E-state index contributed by atoms with van der Waals surface area (Å²) in [4.78, 5) is 11.7. The van der Waals surface area contributed by atoms with Crippen molar-refractivity contribution in [3.05, 3.63) is 49.2 Å². The van der Waals surface area contributed by atoms with Gasteiger partial charge in [0.25, 0.3) is 0 Å². The number of fused-ring (bicyclic) bond motifs is 1. The van der Waals surface area contributed by atoms with Crippen LogP contribution in [0.15, 0.2) is 24.3 Å². The molecular formula is C16H22OY2-2. The van der Waals surface area contributed by atoms with E-state index in [1.54, 1.807) is 0 Å². The zero-order valence-corrected chi connectivity index (χ0v) is 17.9. The molecule has 0 spiro atoms. The van der Waals surface area contributed by atoms with Crippen molar-refractivity contribution in [1.82, 2.24) is 0 Å². The molecule has 0 aliphatic heterocycles. The van der Waals surface area contributed by atoms with Crippen LogP contribution in [0, 0.1) is 25.7 Å². The van der Waals surface area contributed by atoms with Crippen LogP contribution in [-0.4, -0.2) is 5.78 Å². The van der Waals surface area contributed by atoms with Gasteiger partial charge in [0.1, 0.15) is 5.78 Å². The first kappa shape index (κ1) is 22.4. The second-order valence-electron chi connectivity index (χ2n) is 5.00. The average molecular weight is 408 g/mol. The maximum Gasteiger partial charge on any atom is 0.133 e. The van der Waals surface area contributed by atoms with Gasteiger partial charge in [0.15, 0.2) is 0 Å². The molecule has 19 heavy (non-hydrogen) atoms. The number of carbonyl (C=O) groups is 1. The first-order valence-corrected chi connectivity index (χ1v) is 6.09. The van der Waals surface area contributed by atoms with E-state index in [9.17, 15) is 4.79 Å². The summed E-state index contributed by atoms with van der Waals surface area (Å²) < 4.78 is 0. The predicted octanol–water partition coefficient (Wildman–Crippen LogP) is 3.67. The van der Waals surface area contributed by atoms with Gasteiger partial charge in [-0.3, -0.25) is 4.79 Å². The molecule has 1 unspecified atom stereocenters. The minimum absolute atomic E-state index is 0. The second-order valence-corrected chi connectivity index (χ2v) is 5.00. The Balaban J connectivity index is 0. The number of benzene rings is 1. The van der Waals surface area contributed by atoms with E-state index >= 15 is 0 Å². The molecule has 2 radical (unpaired) electrons. The third-order valence-corrected chi connectivity index (χ3v) is 3.38. The van der Waals surface area contributed by atoms with Gasteiger partial charge in [-0.2, -0.15) is 12.3 Å². The second kappa shape index (κ2) is 10.8. The maximum absolute atomic E-state index is 11.7. The number of hydrogen-bond donors (Lipinski definition) is 0. The molecule has 0 saturated heterocycles. The Hall–Kier alpha value is 1.10. The van der Waals surface area contributed by atoms with Crippen LogP contribution >= 0.6 is 0 Å². The van der Waals surface area contributed by atoms with E-state index in [4.69, 9.17) is 0 Å². The fraction of sp³-hybridized carbons (Fsp3) is 0.438. The van der Waals surface area contributed by atoms with Crippen LogP contribution in [0.1, 0.15) is 31.4 Å². The molecule has 1 atom stereocenters. The van der Waals surface area contributed by atoms with Crippen molar-refractivity contribution in [2.75, 3.05) is 0 Å². The number of ketones is 1. The molecule has 0 bridgehead atoms. The zero-order valence-electron chi connectivity index (χ0n) is 12.2. The van der Waals surface area contributed by atoms with E-state index in [1.165, 1.54) is 11.1 Å². The monoisotopic (exact) mass is 408 g/mol. The largest absolute Gasteiger partial charge is 0.358 e. The van der Waals surface area contributed by atoms with Gasteiger partial charge in [0, 0.05) is 71.3 Å². The molecule has 1 nitrogen and oxygen atoms in total. The van der Waals surface area contributed by atoms with Gasteiger partial charge in [0.2, 0.25) is 0 Å². The molecular weight excluding hydrogens is 386 g/mol. The maximum atomic E-state index is 11.7. The van der Waals surface area contributed by atoms with Crippen molar-refractivity contribution in [3.63, 3.8) is 0 Å². The SMILES string of the molecule is CC(C)C(=O)CC1[CH-]Cc2ccccc2C1.[CH3-].[Y].[Y]. The van der Waals surface area contributed by atoms with Crippen LogP contribution in [0.2, 0.25) is 0 Å². The number of carbonyl (C=O) groups excluding carboxylic acids is 1. The summed E-state index contributed by atoms with van der Waals surface area (Å²) in [6.07, 6.45) is 5.08. The Morgan fingerprint density at radius 3 is 2.42 bits per heavy atom. The van der Waals surface area contributed by atoms with Crippen LogP contribution in [0.4, 0.5) is 0 Å². The molecule has 0 N–H and O–H groups in total. The van der Waals surface area contributed by atoms with Gasteiger partial charge in [-0.25, -0.2) is 0 Å². The summed E-state index contributed by atoms with van der Waals surface area (Å²) in [6, 6.07) is 8.55. The van der Waals surface area contributed by atoms with Crippen LogP contribution in [-0.2, 0) is 83.1 Å². The topological polar surface area (TPSA) is 17.1 Å². The van der Waals surface area contributed by atoms with E-state index in [0.29, 0.717) is 18.1 Å². The average Bonchev–Trinajstić information content (AvgIpc) is 2.28. The minimum atomic E-state index is 0. The predicted molar refractivity (Wildman–Crippen MR) is 72.5 cm³/mol. The quantitative estimate of drug-likeness (QED) is 0.698. The minimum Gasteiger partial charge on any atom is -0.358 e. The Kier molecular flexibility index (Phi) is 12.7. The Bertz CT molecular complexity index is 388. The third-order valence-electron chi connectivity index (χ3n) is 3.38. The molecule has 1 aliphatic carbocycles. The van der Waals surface area contributed by atoms with Crippen molar-refractivity contribution >= 4 is 5.78 Å². The molecule has 2 rings (SSSR count). The van der Waals surface area contributed by atoms with Gasteiger partial charge >= 0.3 is 0 Å². The smallest absolute Gasteiger partial charge is 0.133 e. The van der Waals surface area contributed by atoms with E-state index in [0.717, 1.165) is 12.8 Å². The Morgan fingerprint density at radius 1 is 1.26 bits per heavy atom. The molecule has 1 aliphatic rings. The molecule has 1 aromatic rings. The van der Waals surface area contributed by atoms with Crippen LogP contribution in [0.5, 0.6) is 0 Å². The summed E-state index contributed by atoms with van der Waals surface area (Å²) in [5, 5.41) is 0. The van der Waals surface area contributed by atoms with E-state index in [-0.39, 0.29) is 78.8 Å². The summed E-state index contributed by atoms with van der Waals surface area (Å²) in [5.41, 5.74) is 2.85. The molecule has 0 saturated carbocycles. The van der Waals surface area contributed by atoms with Gasteiger partial charge in [-0.15, -0.1) is 0 Å². The summed E-state index contributed by atoms with van der Waals surface area (Å²) in [7, 11) is 0. The van der Waals surface area contributed by atoms with E-state index in [2.05, 4.69) is 30.7 Å². The van der Waals surface area contributed by atoms with Gasteiger partial charge in [-0.05, 0) is 12.0 Å². The molecule has 0 aromatic heterocycles. The van der Waals surface area contributed by atoms with Crippen molar-refractivity contribution in [1.29, 1.82) is 0 Å². The number of hydrogen-bond acceptors (Lipinski definition) is 1. The van der Waals surface area contributed by atoms with Crippen molar-refractivity contribution in [3.8, 4) is 0 Å². The van der Waals surface area contributed by atoms with Crippen molar-refractivity contribution in [2.45, 2.75) is 33.1 Å². The van der Waals surface area contributed by atoms with Crippen molar-refractivity contribution in [2.24, 2.45) is 11.8 Å². The molecule has 100 valence electrons. The molecule has 0 heterocycles. The number of rotatable bonds is 3. The fourth-order valence-electron chi connectivity index (χ4n) is 2.26.